The van der Waals surface area contributed by atoms with Gasteiger partial charge in [-0.1, -0.05) is 0 Å². The number of nitrogens with zero attached hydrogens (tertiary/aromatic N) is 4. The lowest BCUT2D eigenvalue weighted by Crippen LogP contribution is -2.59. The molecule has 1 saturated heterocycles. The zero-order valence-corrected chi connectivity index (χ0v) is 14.2. The lowest BCUT2D eigenvalue weighted by Gasteiger charge is -2.40. The van der Waals surface area contributed by atoms with Crippen molar-refractivity contribution in [1.29, 1.82) is 0 Å². The van der Waals surface area contributed by atoms with E-state index in [1.165, 1.54) is 12.3 Å². The fourth-order valence-corrected chi connectivity index (χ4v) is 2.53. The number of carbonyl (C=O) groups is 2. The van der Waals surface area contributed by atoms with Crippen LogP contribution in [0.3, 0.4) is 0 Å². The van der Waals surface area contributed by atoms with Crippen LogP contribution in [0.2, 0.25) is 0 Å². The summed E-state index contributed by atoms with van der Waals surface area (Å²) in [6.45, 7) is 5.27. The van der Waals surface area contributed by atoms with E-state index in [4.69, 9.17) is 4.74 Å². The van der Waals surface area contributed by atoms with Gasteiger partial charge in [-0.05, 0) is 42.8 Å². The Bertz CT molecular complexity index is 687. The Morgan fingerprint density at radius 3 is 2.64 bits per heavy atom. The highest BCUT2D eigenvalue weighted by molar-refractivity contribution is 5.82. The Kier molecular flexibility index (Phi) is 5.10. The Labute approximate surface area is 144 Å². The summed E-state index contributed by atoms with van der Waals surface area (Å²) in [5.41, 5.74) is -0.526. The highest BCUT2D eigenvalue weighted by Gasteiger charge is 2.39. The molecule has 0 bridgehead atoms. The third-order valence-corrected chi connectivity index (χ3v) is 3.57. The molecular formula is C15H20N4O6. The molecule has 1 aromatic heterocycles. The first-order valence-electron chi connectivity index (χ1n) is 7.67. The molecule has 2 heterocycles. The van der Waals surface area contributed by atoms with Crippen LogP contribution in [0, 0.1) is 10.1 Å². The van der Waals surface area contributed by atoms with E-state index in [0.29, 0.717) is 0 Å². The number of piperazine rings is 1. The van der Waals surface area contributed by atoms with Crippen LogP contribution in [0.4, 0.5) is 16.3 Å². The first-order valence-corrected chi connectivity index (χ1v) is 7.67. The molecule has 1 aromatic rings. The lowest BCUT2D eigenvalue weighted by atomic mass is 10.1. The molecule has 136 valence electrons. The Morgan fingerprint density at radius 2 is 2.08 bits per heavy atom. The fourth-order valence-electron chi connectivity index (χ4n) is 2.53. The molecule has 1 atom stereocenters. The maximum absolute atomic E-state index is 12.2. The van der Waals surface area contributed by atoms with Crippen LogP contribution in [0.1, 0.15) is 20.8 Å². The number of aromatic nitrogens is 1. The van der Waals surface area contributed by atoms with Crippen molar-refractivity contribution >= 4 is 23.6 Å². The smallest absolute Gasteiger partial charge is 0.411 e. The van der Waals surface area contributed by atoms with E-state index in [0.717, 1.165) is 4.90 Å². The number of aliphatic carboxylic acids is 1. The highest BCUT2D eigenvalue weighted by Crippen LogP contribution is 2.28. The molecule has 10 nitrogen and oxygen atoms in total. The maximum atomic E-state index is 12.2. The van der Waals surface area contributed by atoms with Gasteiger partial charge >= 0.3 is 17.9 Å². The second kappa shape index (κ2) is 6.91. The van der Waals surface area contributed by atoms with E-state index in [-0.39, 0.29) is 31.1 Å². The molecule has 0 aliphatic carbocycles. The summed E-state index contributed by atoms with van der Waals surface area (Å²) in [6.07, 6.45) is 0.577. The first kappa shape index (κ1) is 18.4. The zero-order valence-electron chi connectivity index (χ0n) is 14.2. The standard InChI is InChI=1S/C15H20N4O6/c1-15(2,3)25-14(22)18-8-7-17(9-11(18)13(20)21)10-5-4-6-16-12(10)19(23)24/h4-6,11H,7-9H2,1-3H3,(H,20,21). The van der Waals surface area contributed by atoms with E-state index < -0.39 is 28.6 Å². The molecule has 10 heteroatoms. The average molecular weight is 352 g/mol. The number of anilines is 1. The van der Waals surface area contributed by atoms with E-state index in [1.807, 2.05) is 0 Å². The van der Waals surface area contributed by atoms with Gasteiger partial charge in [-0.15, -0.1) is 0 Å². The quantitative estimate of drug-likeness (QED) is 0.640. The SMILES string of the molecule is CC(C)(C)OC(=O)N1CCN(c2cccnc2[N+](=O)[O-])CC1C(=O)O. The average Bonchev–Trinajstić information content (AvgIpc) is 2.52. The van der Waals surface area contributed by atoms with Crippen LogP contribution < -0.4 is 4.90 Å². The monoisotopic (exact) mass is 352 g/mol. The number of carbonyl (C=O) groups excluding carboxylic acids is 1. The van der Waals surface area contributed by atoms with Gasteiger partial charge in [0, 0.05) is 19.6 Å². The Balaban J connectivity index is 2.24. The van der Waals surface area contributed by atoms with Gasteiger partial charge in [0.25, 0.3) is 0 Å². The number of hydrogen-bond acceptors (Lipinski definition) is 7. The normalized spacial score (nSPS) is 18.0. The van der Waals surface area contributed by atoms with Crippen LogP contribution in [-0.2, 0) is 9.53 Å². The molecule has 0 saturated carbocycles. The van der Waals surface area contributed by atoms with Crippen molar-refractivity contribution in [2.24, 2.45) is 0 Å². The van der Waals surface area contributed by atoms with Crippen molar-refractivity contribution in [1.82, 2.24) is 9.88 Å². The number of ether oxygens (including phenoxy) is 1. The summed E-state index contributed by atoms with van der Waals surface area (Å²) in [6, 6.07) is 1.87. The predicted molar refractivity (Wildman–Crippen MR) is 87.5 cm³/mol. The van der Waals surface area contributed by atoms with Crippen LogP contribution in [-0.4, -0.2) is 63.3 Å². The van der Waals surface area contributed by atoms with Crippen molar-refractivity contribution in [3.63, 3.8) is 0 Å². The molecule has 1 N–H and O–H groups in total. The predicted octanol–water partition coefficient (Wildman–Crippen LogP) is 1.50. The second-order valence-corrected chi connectivity index (χ2v) is 6.58. The van der Waals surface area contributed by atoms with E-state index in [1.54, 1.807) is 31.7 Å². The van der Waals surface area contributed by atoms with Gasteiger partial charge in [-0.3, -0.25) is 4.90 Å². The number of carboxylic acid groups (broad SMARTS) is 1. The summed E-state index contributed by atoms with van der Waals surface area (Å²) in [5.74, 6) is -1.56. The van der Waals surface area contributed by atoms with Crippen molar-refractivity contribution in [2.75, 3.05) is 24.5 Å². The fraction of sp³-hybridized carbons (Fsp3) is 0.533. The minimum absolute atomic E-state index is 0.0674. The number of rotatable bonds is 3. The van der Waals surface area contributed by atoms with Gasteiger partial charge in [0.05, 0.1) is 0 Å². The first-order chi connectivity index (χ1) is 11.6. The minimum Gasteiger partial charge on any atom is -0.480 e. The number of nitro groups is 1. The van der Waals surface area contributed by atoms with E-state index >= 15 is 0 Å². The zero-order chi connectivity index (χ0) is 18.8. The maximum Gasteiger partial charge on any atom is 0.411 e. The van der Waals surface area contributed by atoms with Crippen LogP contribution in [0.15, 0.2) is 18.3 Å². The van der Waals surface area contributed by atoms with Crippen LogP contribution >= 0.6 is 0 Å². The molecule has 1 fully saturated rings. The molecule has 0 aromatic carbocycles. The third-order valence-electron chi connectivity index (χ3n) is 3.57. The van der Waals surface area contributed by atoms with Crippen molar-refractivity contribution in [2.45, 2.75) is 32.4 Å². The molecule has 1 aliphatic rings. The molecular weight excluding hydrogens is 332 g/mol. The molecule has 1 aliphatic heterocycles. The largest absolute Gasteiger partial charge is 0.480 e. The van der Waals surface area contributed by atoms with E-state index in [9.17, 15) is 24.8 Å². The number of amides is 1. The lowest BCUT2D eigenvalue weighted by molar-refractivity contribution is -0.388. The summed E-state index contributed by atoms with van der Waals surface area (Å²) in [7, 11) is 0. The van der Waals surface area contributed by atoms with Crippen LogP contribution in [0.25, 0.3) is 0 Å². The Hall–Kier alpha value is -2.91. The second-order valence-electron chi connectivity index (χ2n) is 6.58. The minimum atomic E-state index is -1.21. The van der Waals surface area contributed by atoms with Gasteiger partial charge in [-0.2, -0.15) is 0 Å². The number of pyridine rings is 1. The molecule has 1 amide bonds. The molecule has 2 rings (SSSR count). The highest BCUT2D eigenvalue weighted by atomic mass is 16.6. The van der Waals surface area contributed by atoms with Gasteiger partial charge in [0.1, 0.15) is 23.5 Å². The molecule has 0 spiro atoms. The topological polar surface area (TPSA) is 126 Å². The molecule has 25 heavy (non-hydrogen) atoms. The Morgan fingerprint density at radius 1 is 1.40 bits per heavy atom. The number of carboxylic acids is 1. The van der Waals surface area contributed by atoms with Gasteiger partial charge < -0.3 is 24.9 Å². The van der Waals surface area contributed by atoms with Gasteiger partial charge in [-0.25, -0.2) is 9.59 Å². The van der Waals surface area contributed by atoms with Gasteiger partial charge in [0.2, 0.25) is 0 Å². The van der Waals surface area contributed by atoms with Crippen molar-refractivity contribution in [3.05, 3.63) is 28.4 Å². The summed E-state index contributed by atoms with van der Waals surface area (Å²) in [5, 5.41) is 20.6. The molecule has 0 radical (unpaired) electrons. The summed E-state index contributed by atoms with van der Waals surface area (Å²) >= 11 is 0. The third kappa shape index (κ3) is 4.34. The molecule has 1 unspecified atom stereocenters. The van der Waals surface area contributed by atoms with Gasteiger partial charge in [0.15, 0.2) is 0 Å². The number of hydrogen-bond donors (Lipinski definition) is 1. The van der Waals surface area contributed by atoms with E-state index in [2.05, 4.69) is 4.98 Å². The van der Waals surface area contributed by atoms with Crippen molar-refractivity contribution in [3.8, 4) is 0 Å². The van der Waals surface area contributed by atoms with Crippen molar-refractivity contribution < 1.29 is 24.4 Å². The summed E-state index contributed by atoms with van der Waals surface area (Å²) in [4.78, 5) is 40.8. The summed E-state index contributed by atoms with van der Waals surface area (Å²) < 4.78 is 5.25. The van der Waals surface area contributed by atoms with Crippen LogP contribution in [0.5, 0.6) is 0 Å².